The molecule has 1 N–H and O–H groups in total. The van der Waals surface area contributed by atoms with E-state index in [1.54, 1.807) is 0 Å². The predicted octanol–water partition coefficient (Wildman–Crippen LogP) is -1.28. The molecule has 13 heavy (non-hydrogen) atoms. The number of fused-ring (bicyclic) bond motifs is 1. The highest BCUT2D eigenvalue weighted by atomic mass is 16.6. The molecule has 0 radical (unpaired) electrons. The predicted molar refractivity (Wildman–Crippen MR) is 38.1 cm³/mol. The Hall–Kier alpha value is -2.32. The van der Waals surface area contributed by atoms with Crippen molar-refractivity contribution in [3.05, 3.63) is 26.8 Å². The van der Waals surface area contributed by atoms with Gasteiger partial charge in [-0.1, -0.05) is 0 Å². The van der Waals surface area contributed by atoms with E-state index in [-0.39, 0.29) is 5.78 Å². The molecular weight excluding hydrogens is 181 g/mol. The molecule has 2 heterocycles. The van der Waals surface area contributed by atoms with Gasteiger partial charge in [-0.05, 0) is 4.92 Å². The van der Waals surface area contributed by atoms with E-state index >= 15 is 0 Å². The molecule has 9 heteroatoms. The lowest BCUT2D eigenvalue weighted by Crippen LogP contribution is -2.20. The molecule has 0 saturated carbocycles. The fraction of sp³-hybridized carbons (Fsp3) is 0. The maximum atomic E-state index is 11.2. The van der Waals surface area contributed by atoms with Gasteiger partial charge in [0.15, 0.2) is 0 Å². The zero-order valence-electron chi connectivity index (χ0n) is 6.04. The number of nitrogens with one attached hydrogen (secondary N) is 1. The molecule has 0 saturated heterocycles. The first kappa shape index (κ1) is 7.34. The van der Waals surface area contributed by atoms with E-state index in [2.05, 4.69) is 20.3 Å². The van der Waals surface area contributed by atoms with Crippen molar-refractivity contribution in [1.29, 1.82) is 0 Å². The smallest absolute Gasteiger partial charge is 0.358 e. The first-order valence-corrected chi connectivity index (χ1v) is 3.13. The molecule has 0 aliphatic heterocycles. The van der Waals surface area contributed by atoms with Crippen molar-refractivity contribution in [2.24, 2.45) is 0 Å². The zero-order chi connectivity index (χ0) is 9.42. The molecule has 0 atom stereocenters. The lowest BCUT2D eigenvalue weighted by Gasteiger charge is -1.88. The van der Waals surface area contributed by atoms with Crippen molar-refractivity contribution < 1.29 is 4.92 Å². The molecule has 9 nitrogen and oxygen atoms in total. The molecule has 2 aromatic heterocycles. The van der Waals surface area contributed by atoms with Crippen LogP contribution in [0.25, 0.3) is 5.78 Å². The number of rotatable bonds is 1. The third kappa shape index (κ3) is 0.937. The maximum absolute atomic E-state index is 11.2. The average molecular weight is 183 g/mol. The van der Waals surface area contributed by atoms with E-state index in [9.17, 15) is 14.9 Å². The Morgan fingerprint density at radius 1 is 1.54 bits per heavy atom. The van der Waals surface area contributed by atoms with Crippen LogP contribution in [0.3, 0.4) is 0 Å². The number of H-pyrrole nitrogens is 1. The molecule has 0 unspecified atom stereocenters. The summed E-state index contributed by atoms with van der Waals surface area (Å²) in [6.07, 6.45) is 1.19. The molecule has 2 aromatic rings. The molecule has 0 aliphatic carbocycles. The van der Waals surface area contributed by atoms with Crippen molar-refractivity contribution in [2.75, 3.05) is 0 Å². The van der Waals surface area contributed by atoms with Crippen LogP contribution < -0.4 is 5.56 Å². The van der Waals surface area contributed by atoms with Crippen LogP contribution in [0, 0.1) is 10.1 Å². The molecule has 2 rings (SSSR count). The van der Waals surface area contributed by atoms with Gasteiger partial charge in [0.25, 0.3) is 5.78 Å². The molecular formula is C4H2N6O3. The highest BCUT2D eigenvalue weighted by Crippen LogP contribution is 1.95. The van der Waals surface area contributed by atoms with E-state index in [1.807, 2.05) is 0 Å². The van der Waals surface area contributed by atoms with Crippen LogP contribution in [-0.2, 0) is 0 Å². The highest BCUT2D eigenvalue weighted by Gasteiger charge is 2.18. The Balaban J connectivity index is 2.89. The van der Waals surface area contributed by atoms with Gasteiger partial charge in [-0.2, -0.15) is 9.50 Å². The van der Waals surface area contributed by atoms with Crippen molar-refractivity contribution in [1.82, 2.24) is 24.8 Å². The first-order valence-electron chi connectivity index (χ1n) is 3.13. The molecule has 0 fully saturated rings. The van der Waals surface area contributed by atoms with Crippen LogP contribution in [0.2, 0.25) is 0 Å². The second kappa shape index (κ2) is 2.33. The summed E-state index contributed by atoms with van der Waals surface area (Å²) in [5.74, 6) is -0.836. The molecule has 0 amide bonds. The van der Waals surface area contributed by atoms with Gasteiger partial charge in [0, 0.05) is 5.10 Å². The summed E-state index contributed by atoms with van der Waals surface area (Å²) in [4.78, 5) is 24.1. The third-order valence-corrected chi connectivity index (χ3v) is 1.37. The number of aromatic amines is 1. The van der Waals surface area contributed by atoms with Gasteiger partial charge < -0.3 is 10.1 Å². The fourth-order valence-corrected chi connectivity index (χ4v) is 0.829. The van der Waals surface area contributed by atoms with E-state index < -0.39 is 16.3 Å². The summed E-state index contributed by atoms with van der Waals surface area (Å²) in [6.45, 7) is 0. The Bertz CT molecular complexity index is 526. The Morgan fingerprint density at radius 2 is 2.31 bits per heavy atom. The Kier molecular flexibility index (Phi) is 1.32. The highest BCUT2D eigenvalue weighted by molar-refractivity contribution is 5.25. The Labute approximate surface area is 69.2 Å². The van der Waals surface area contributed by atoms with Crippen molar-refractivity contribution in [3.8, 4) is 0 Å². The number of hydrogen-bond acceptors (Lipinski definition) is 6. The monoisotopic (exact) mass is 183 g/mol. The van der Waals surface area contributed by atoms with E-state index in [1.165, 1.54) is 6.33 Å². The average Bonchev–Trinajstić information content (AvgIpc) is 2.52. The minimum atomic E-state index is -0.900. The van der Waals surface area contributed by atoms with Crippen LogP contribution in [0.15, 0.2) is 11.1 Å². The van der Waals surface area contributed by atoms with E-state index in [0.29, 0.717) is 0 Å². The van der Waals surface area contributed by atoms with Gasteiger partial charge in [0.2, 0.25) is 0 Å². The van der Waals surface area contributed by atoms with Gasteiger partial charge in [0.05, 0.1) is 5.10 Å². The quantitative estimate of drug-likeness (QED) is 0.434. The fourth-order valence-electron chi connectivity index (χ4n) is 0.829. The van der Waals surface area contributed by atoms with Crippen LogP contribution in [-0.4, -0.2) is 29.7 Å². The van der Waals surface area contributed by atoms with Gasteiger partial charge in [-0.15, -0.1) is 0 Å². The van der Waals surface area contributed by atoms with Crippen LogP contribution in [0.1, 0.15) is 0 Å². The lowest BCUT2D eigenvalue weighted by atomic mass is 10.7. The maximum Gasteiger partial charge on any atom is 0.458 e. The van der Waals surface area contributed by atoms with Gasteiger partial charge in [-0.25, -0.2) is 0 Å². The molecule has 0 bridgehead atoms. The number of nitrogens with zero attached hydrogens (tertiary/aromatic N) is 5. The molecule has 0 aliphatic rings. The van der Waals surface area contributed by atoms with E-state index in [4.69, 9.17) is 0 Å². The summed E-state index contributed by atoms with van der Waals surface area (Å²) in [6, 6.07) is 0. The summed E-state index contributed by atoms with van der Waals surface area (Å²) in [7, 11) is 0. The topological polar surface area (TPSA) is 119 Å². The van der Waals surface area contributed by atoms with Crippen LogP contribution in [0.4, 0.5) is 5.82 Å². The second-order valence-electron chi connectivity index (χ2n) is 2.11. The summed E-state index contributed by atoms with van der Waals surface area (Å²) >= 11 is 0. The lowest BCUT2D eigenvalue weighted by molar-refractivity contribution is -0.391. The second-order valence-corrected chi connectivity index (χ2v) is 2.11. The van der Waals surface area contributed by atoms with Gasteiger partial charge >= 0.3 is 11.4 Å². The summed E-state index contributed by atoms with van der Waals surface area (Å²) in [5, 5.41) is 19.1. The number of aromatic nitrogens is 5. The molecule has 0 aromatic carbocycles. The molecule has 0 spiro atoms. The standard InChI is InChI=1S/C4H2N6O3/c11-3-2(10(12)13)7-8-4-5-1-6-9(3)4/h1H,(H,5,6,8)/i6+1. The number of nitro groups is 1. The SMILES string of the molecule is O=c1c([N+](=O)[O-])nnc2nc[15nH]n12. The largest absolute Gasteiger partial charge is 0.458 e. The van der Waals surface area contributed by atoms with Crippen molar-refractivity contribution in [3.63, 3.8) is 0 Å². The van der Waals surface area contributed by atoms with E-state index in [0.717, 1.165) is 4.52 Å². The van der Waals surface area contributed by atoms with Gasteiger partial charge in [-0.3, -0.25) is 9.89 Å². The summed E-state index contributed by atoms with van der Waals surface area (Å²) in [5.41, 5.74) is -0.882. The third-order valence-electron chi connectivity index (χ3n) is 1.37. The van der Waals surface area contributed by atoms with Gasteiger partial charge in [0.1, 0.15) is 6.33 Å². The minimum Gasteiger partial charge on any atom is -0.358 e. The first-order chi connectivity index (χ1) is 6.20. The normalized spacial score (nSPS) is 10.5. The van der Waals surface area contributed by atoms with Crippen LogP contribution in [0.5, 0.6) is 0 Å². The van der Waals surface area contributed by atoms with Crippen molar-refractivity contribution in [2.45, 2.75) is 0 Å². The van der Waals surface area contributed by atoms with Crippen LogP contribution >= 0.6 is 0 Å². The van der Waals surface area contributed by atoms with Crippen molar-refractivity contribution >= 4 is 11.6 Å². The Morgan fingerprint density at radius 3 is 3.00 bits per heavy atom. The summed E-state index contributed by atoms with van der Waals surface area (Å²) < 4.78 is 0.838. The zero-order valence-corrected chi connectivity index (χ0v) is 6.04. The minimum absolute atomic E-state index is 0.00407. The number of hydrogen-bond donors (Lipinski definition) is 1. The molecule has 66 valence electrons.